The molecular formula is C13H17N3O2S. The van der Waals surface area contributed by atoms with Gasteiger partial charge in [0.15, 0.2) is 5.69 Å². The molecule has 0 spiro atoms. The van der Waals surface area contributed by atoms with Gasteiger partial charge in [0.25, 0.3) is 0 Å². The number of rotatable bonds is 2. The van der Waals surface area contributed by atoms with Crippen LogP contribution in [0.1, 0.15) is 37.0 Å². The van der Waals surface area contributed by atoms with E-state index in [1.165, 1.54) is 18.4 Å². The van der Waals surface area contributed by atoms with E-state index in [4.69, 9.17) is 0 Å². The van der Waals surface area contributed by atoms with Crippen LogP contribution in [0.5, 0.6) is 0 Å². The number of esters is 1. The fraction of sp³-hybridized carbons (Fsp3) is 0.462. The van der Waals surface area contributed by atoms with E-state index in [2.05, 4.69) is 35.6 Å². The third-order valence-corrected chi connectivity index (χ3v) is 3.54. The largest absolute Gasteiger partial charge is 0.464 e. The lowest BCUT2D eigenvalue weighted by Crippen LogP contribution is -2.13. The van der Waals surface area contributed by atoms with Crippen molar-refractivity contribution in [1.82, 2.24) is 14.8 Å². The van der Waals surface area contributed by atoms with Gasteiger partial charge in [-0.2, -0.15) is 5.10 Å². The summed E-state index contributed by atoms with van der Waals surface area (Å²) in [5.74, 6) is -0.413. The molecule has 19 heavy (non-hydrogen) atoms. The summed E-state index contributed by atoms with van der Waals surface area (Å²) >= 11 is 1.42. The Kier molecular flexibility index (Phi) is 3.45. The number of aryl methyl sites for hydroxylation is 1. The second-order valence-electron chi connectivity index (χ2n) is 5.34. The number of carbonyl (C=O) groups is 1. The van der Waals surface area contributed by atoms with Crippen LogP contribution in [0.4, 0.5) is 0 Å². The van der Waals surface area contributed by atoms with E-state index >= 15 is 0 Å². The lowest BCUT2D eigenvalue weighted by molar-refractivity contribution is 0.0595. The predicted octanol–water partition coefficient (Wildman–Crippen LogP) is 2.63. The molecule has 0 radical (unpaired) electrons. The number of aromatic nitrogens is 3. The predicted molar refractivity (Wildman–Crippen MR) is 74.4 cm³/mol. The summed E-state index contributed by atoms with van der Waals surface area (Å²) in [6.07, 6.45) is 1.93. The number of thiazole rings is 1. The van der Waals surface area contributed by atoms with Gasteiger partial charge < -0.3 is 4.74 Å². The van der Waals surface area contributed by atoms with E-state index in [0.717, 1.165) is 16.3 Å². The molecule has 0 aliphatic rings. The van der Waals surface area contributed by atoms with Gasteiger partial charge >= 0.3 is 5.97 Å². The van der Waals surface area contributed by atoms with Gasteiger partial charge in [-0.1, -0.05) is 20.8 Å². The number of methoxy groups -OCH3 is 1. The highest BCUT2D eigenvalue weighted by Crippen LogP contribution is 2.33. The van der Waals surface area contributed by atoms with Gasteiger partial charge in [0, 0.05) is 24.0 Å². The summed E-state index contributed by atoms with van der Waals surface area (Å²) in [6.45, 7) is 6.31. The minimum absolute atomic E-state index is 0.0757. The van der Waals surface area contributed by atoms with Crippen molar-refractivity contribution in [3.8, 4) is 10.6 Å². The van der Waals surface area contributed by atoms with Gasteiger partial charge in [0.2, 0.25) is 0 Å². The summed E-state index contributed by atoms with van der Waals surface area (Å²) in [6, 6.07) is 0. The van der Waals surface area contributed by atoms with Gasteiger partial charge in [-0.25, -0.2) is 9.78 Å². The molecule has 0 saturated carbocycles. The fourth-order valence-electron chi connectivity index (χ4n) is 1.79. The maximum Gasteiger partial charge on any atom is 0.357 e. The number of hydrogen-bond donors (Lipinski definition) is 0. The molecule has 5 nitrogen and oxygen atoms in total. The van der Waals surface area contributed by atoms with E-state index < -0.39 is 5.97 Å². The molecule has 0 saturated heterocycles. The second kappa shape index (κ2) is 4.77. The summed E-state index contributed by atoms with van der Waals surface area (Å²) in [7, 11) is 3.24. The third kappa shape index (κ3) is 2.68. The molecule has 0 fully saturated rings. The average Bonchev–Trinajstić information content (AvgIpc) is 2.92. The molecule has 2 aromatic heterocycles. The van der Waals surface area contributed by atoms with Crippen molar-refractivity contribution < 1.29 is 9.53 Å². The van der Waals surface area contributed by atoms with Gasteiger partial charge in [0.1, 0.15) is 5.01 Å². The molecule has 2 aromatic rings. The highest BCUT2D eigenvalue weighted by Gasteiger charge is 2.25. The molecule has 2 heterocycles. The number of hydrogen-bond acceptors (Lipinski definition) is 5. The Bertz CT molecular complexity index is 608. The first kappa shape index (κ1) is 13.7. The van der Waals surface area contributed by atoms with Crippen LogP contribution in [0.3, 0.4) is 0 Å². The summed E-state index contributed by atoms with van der Waals surface area (Å²) in [5, 5.41) is 7.00. The Morgan fingerprint density at radius 2 is 2.11 bits per heavy atom. The number of ether oxygens (including phenoxy) is 1. The zero-order chi connectivity index (χ0) is 14.2. The van der Waals surface area contributed by atoms with Crippen LogP contribution in [-0.4, -0.2) is 27.8 Å². The van der Waals surface area contributed by atoms with Gasteiger partial charge in [-0.3, -0.25) is 4.68 Å². The van der Waals surface area contributed by atoms with E-state index in [1.807, 2.05) is 13.2 Å². The van der Waals surface area contributed by atoms with Crippen molar-refractivity contribution >= 4 is 17.3 Å². The van der Waals surface area contributed by atoms with E-state index in [1.54, 1.807) is 10.1 Å². The van der Waals surface area contributed by atoms with Crippen LogP contribution in [0.25, 0.3) is 10.6 Å². The number of nitrogens with zero attached hydrogens (tertiary/aromatic N) is 3. The molecule has 0 N–H and O–H groups in total. The van der Waals surface area contributed by atoms with Gasteiger partial charge in [-0.15, -0.1) is 11.3 Å². The van der Waals surface area contributed by atoms with Crippen molar-refractivity contribution in [2.45, 2.75) is 26.2 Å². The molecule has 0 aliphatic heterocycles. The average molecular weight is 279 g/mol. The first-order valence-corrected chi connectivity index (χ1v) is 6.79. The molecule has 0 unspecified atom stereocenters. The summed E-state index contributed by atoms with van der Waals surface area (Å²) in [5.41, 5.74) is 2.20. The topological polar surface area (TPSA) is 57.0 Å². The summed E-state index contributed by atoms with van der Waals surface area (Å²) in [4.78, 5) is 15.8. The zero-order valence-corrected chi connectivity index (χ0v) is 12.5. The zero-order valence-electron chi connectivity index (χ0n) is 11.7. The molecule has 6 heteroatoms. The molecule has 0 atom stereocenters. The van der Waals surface area contributed by atoms with Crippen molar-refractivity contribution in [2.24, 2.45) is 7.05 Å². The minimum atomic E-state index is -0.413. The Hall–Kier alpha value is -1.69. The normalized spacial score (nSPS) is 11.6. The van der Waals surface area contributed by atoms with Crippen molar-refractivity contribution in [1.29, 1.82) is 0 Å². The smallest absolute Gasteiger partial charge is 0.357 e. The van der Waals surface area contributed by atoms with Crippen molar-refractivity contribution in [3.05, 3.63) is 23.0 Å². The molecular weight excluding hydrogens is 262 g/mol. The van der Waals surface area contributed by atoms with Gasteiger partial charge in [0.05, 0.1) is 18.4 Å². The maximum absolute atomic E-state index is 11.4. The van der Waals surface area contributed by atoms with Crippen LogP contribution in [0, 0.1) is 0 Å². The first-order valence-electron chi connectivity index (χ1n) is 5.91. The Morgan fingerprint density at radius 1 is 1.42 bits per heavy atom. The van der Waals surface area contributed by atoms with E-state index in [-0.39, 0.29) is 5.41 Å². The van der Waals surface area contributed by atoms with Crippen LogP contribution < -0.4 is 0 Å². The van der Waals surface area contributed by atoms with Crippen molar-refractivity contribution in [2.75, 3.05) is 7.11 Å². The third-order valence-electron chi connectivity index (χ3n) is 2.67. The molecule has 102 valence electrons. The lowest BCUT2D eigenvalue weighted by atomic mass is 9.90. The van der Waals surface area contributed by atoms with Crippen LogP contribution >= 0.6 is 11.3 Å². The Morgan fingerprint density at radius 3 is 2.68 bits per heavy atom. The van der Waals surface area contributed by atoms with E-state index in [9.17, 15) is 4.79 Å². The SMILES string of the molecule is COC(=O)c1csc(-c2cn(C)nc2C(C)(C)C)n1. The minimum Gasteiger partial charge on any atom is -0.464 e. The lowest BCUT2D eigenvalue weighted by Gasteiger charge is -2.16. The molecule has 0 aromatic carbocycles. The fourth-order valence-corrected chi connectivity index (χ4v) is 2.59. The highest BCUT2D eigenvalue weighted by molar-refractivity contribution is 7.13. The molecule has 0 aliphatic carbocycles. The number of carbonyl (C=O) groups excluding carboxylic acids is 1. The van der Waals surface area contributed by atoms with Crippen LogP contribution in [-0.2, 0) is 17.2 Å². The standard InChI is InChI=1S/C13H17N3O2S/c1-13(2,3)10-8(6-16(4)15-10)11-14-9(7-19-11)12(17)18-5/h6-7H,1-5H3. The highest BCUT2D eigenvalue weighted by atomic mass is 32.1. The Balaban J connectivity index is 2.48. The van der Waals surface area contributed by atoms with Gasteiger partial charge in [-0.05, 0) is 0 Å². The first-order chi connectivity index (χ1) is 8.82. The summed E-state index contributed by atoms with van der Waals surface area (Å²) < 4.78 is 6.45. The maximum atomic E-state index is 11.4. The second-order valence-corrected chi connectivity index (χ2v) is 6.20. The van der Waals surface area contributed by atoms with E-state index in [0.29, 0.717) is 5.69 Å². The molecule has 2 rings (SSSR count). The monoisotopic (exact) mass is 279 g/mol. The molecule has 0 amide bonds. The van der Waals surface area contributed by atoms with Crippen molar-refractivity contribution in [3.63, 3.8) is 0 Å². The van der Waals surface area contributed by atoms with Crippen LogP contribution in [0.15, 0.2) is 11.6 Å². The quantitative estimate of drug-likeness (QED) is 0.793. The van der Waals surface area contributed by atoms with Crippen LogP contribution in [0.2, 0.25) is 0 Å². The molecule has 0 bridgehead atoms. The Labute approximate surface area is 116 Å².